The Labute approximate surface area is 200 Å². The maximum absolute atomic E-state index is 12.2. The average molecular weight is 542 g/mol. The number of halogens is 1. The van der Waals surface area contributed by atoms with Gasteiger partial charge in [0.2, 0.25) is 0 Å². The lowest BCUT2D eigenvalue weighted by atomic mass is 10.1. The third kappa shape index (κ3) is 7.24. The highest BCUT2D eigenvalue weighted by Crippen LogP contribution is 2.27. The van der Waals surface area contributed by atoms with Crippen LogP contribution in [-0.4, -0.2) is 56.5 Å². The minimum Gasteiger partial charge on any atom is -0.355 e. The van der Waals surface area contributed by atoms with Crippen LogP contribution in [0.15, 0.2) is 46.8 Å². The average Bonchev–Trinajstić information content (AvgIpc) is 3.44. The van der Waals surface area contributed by atoms with E-state index in [1.807, 2.05) is 42.5 Å². The first-order valence-electron chi connectivity index (χ1n) is 10.2. The number of carbonyl (C=O) groups excluding carboxylic acids is 1. The van der Waals surface area contributed by atoms with Crippen molar-refractivity contribution >= 4 is 47.2 Å². The highest BCUT2D eigenvalue weighted by Gasteiger charge is 2.24. The molecule has 0 radical (unpaired) electrons. The summed E-state index contributed by atoms with van der Waals surface area (Å²) in [4.78, 5) is 20.5. The van der Waals surface area contributed by atoms with Crippen molar-refractivity contribution in [3.8, 4) is 0 Å². The van der Waals surface area contributed by atoms with Gasteiger partial charge in [-0.2, -0.15) is 0 Å². The van der Waals surface area contributed by atoms with Gasteiger partial charge in [-0.15, -0.1) is 35.3 Å². The summed E-state index contributed by atoms with van der Waals surface area (Å²) in [5, 5.41) is 11.8. The van der Waals surface area contributed by atoms with Gasteiger partial charge >= 0.3 is 0 Å². The number of hydrogen-bond donors (Lipinski definition) is 3. The van der Waals surface area contributed by atoms with E-state index in [2.05, 4.69) is 43.4 Å². The highest BCUT2D eigenvalue weighted by atomic mass is 127. The van der Waals surface area contributed by atoms with Gasteiger partial charge in [-0.05, 0) is 56.4 Å². The lowest BCUT2D eigenvalue weighted by Gasteiger charge is -2.27. The Morgan fingerprint density at radius 2 is 1.90 bits per heavy atom. The number of amides is 1. The van der Waals surface area contributed by atoms with Crippen LogP contribution in [-0.2, 0) is 0 Å². The second-order valence-electron chi connectivity index (χ2n) is 7.28. The van der Waals surface area contributed by atoms with E-state index in [9.17, 15) is 4.79 Å². The summed E-state index contributed by atoms with van der Waals surface area (Å²) >= 11 is 1.81. The largest absolute Gasteiger partial charge is 0.355 e. The number of benzene rings is 1. The second-order valence-corrected chi connectivity index (χ2v) is 8.26. The van der Waals surface area contributed by atoms with Crippen LogP contribution in [0.3, 0.4) is 0 Å². The third-order valence-electron chi connectivity index (χ3n) is 5.12. The molecule has 3 rings (SSSR count). The fraction of sp³-hybridized carbons (Fsp3) is 0.455. The van der Waals surface area contributed by atoms with E-state index in [0.717, 1.165) is 31.2 Å². The fourth-order valence-electron chi connectivity index (χ4n) is 3.60. The van der Waals surface area contributed by atoms with Crippen molar-refractivity contribution in [2.24, 2.45) is 4.99 Å². The van der Waals surface area contributed by atoms with Crippen molar-refractivity contribution in [1.29, 1.82) is 0 Å². The van der Waals surface area contributed by atoms with E-state index >= 15 is 0 Å². The summed E-state index contributed by atoms with van der Waals surface area (Å²) in [6, 6.07) is 12.3. The standard InChI is InChI=1S/C22H31N5OS.HI/c1-17-7-5-8-18(15-17)21(28)24-10-11-25-22(23-2)26-16-19(20-9-6-14-29-20)27-12-3-4-13-27;/h5-9,14-15,19H,3-4,10-13,16H2,1-2H3,(H,24,28)(H2,23,25,26);1H. The molecule has 164 valence electrons. The summed E-state index contributed by atoms with van der Waals surface area (Å²) in [5.74, 6) is 0.709. The summed E-state index contributed by atoms with van der Waals surface area (Å²) in [6.07, 6.45) is 2.55. The Balaban J connectivity index is 0.00000320. The van der Waals surface area contributed by atoms with E-state index in [4.69, 9.17) is 0 Å². The molecule has 6 nitrogen and oxygen atoms in total. The number of carbonyl (C=O) groups is 1. The predicted octanol–water partition coefficient (Wildman–Crippen LogP) is 3.41. The van der Waals surface area contributed by atoms with Crippen molar-refractivity contribution in [3.05, 3.63) is 57.8 Å². The maximum atomic E-state index is 12.2. The van der Waals surface area contributed by atoms with Gasteiger partial charge in [0.1, 0.15) is 0 Å². The molecule has 1 saturated heterocycles. The Hall–Kier alpha value is -1.65. The SMILES string of the molecule is CN=C(NCCNC(=O)c1cccc(C)c1)NCC(c1cccs1)N1CCCC1.I. The molecular formula is C22H32IN5OS. The van der Waals surface area contributed by atoms with Gasteiger partial charge in [-0.25, -0.2) is 0 Å². The molecule has 1 atom stereocenters. The van der Waals surface area contributed by atoms with Crippen molar-refractivity contribution in [3.63, 3.8) is 0 Å². The predicted molar refractivity (Wildman–Crippen MR) is 136 cm³/mol. The molecule has 1 amide bonds. The summed E-state index contributed by atoms with van der Waals surface area (Å²) in [7, 11) is 1.77. The smallest absolute Gasteiger partial charge is 0.251 e. The molecule has 1 aliphatic heterocycles. The zero-order valence-electron chi connectivity index (χ0n) is 17.7. The number of guanidine groups is 1. The molecule has 1 aromatic carbocycles. The van der Waals surface area contributed by atoms with Gasteiger partial charge < -0.3 is 16.0 Å². The Morgan fingerprint density at radius 3 is 2.57 bits per heavy atom. The number of thiophene rings is 1. The first kappa shape index (κ1) is 24.6. The van der Waals surface area contributed by atoms with Crippen molar-refractivity contribution < 1.29 is 4.79 Å². The second kappa shape index (κ2) is 12.9. The molecule has 0 bridgehead atoms. The quantitative estimate of drug-likeness (QED) is 0.208. The van der Waals surface area contributed by atoms with Gasteiger partial charge in [0.05, 0.1) is 6.04 Å². The summed E-state index contributed by atoms with van der Waals surface area (Å²) in [6.45, 7) is 6.26. The molecule has 8 heteroatoms. The van der Waals surface area contributed by atoms with Crippen LogP contribution < -0.4 is 16.0 Å². The molecule has 0 saturated carbocycles. The van der Waals surface area contributed by atoms with Crippen molar-refractivity contribution in [2.75, 3.05) is 39.8 Å². The van der Waals surface area contributed by atoms with E-state index in [-0.39, 0.29) is 29.9 Å². The molecule has 2 aromatic rings. The topological polar surface area (TPSA) is 68.8 Å². The van der Waals surface area contributed by atoms with Crippen LogP contribution in [0.4, 0.5) is 0 Å². The normalized spacial score (nSPS) is 15.3. The first-order chi connectivity index (χ1) is 14.2. The minimum atomic E-state index is -0.0507. The first-order valence-corrected chi connectivity index (χ1v) is 11.1. The molecule has 0 spiro atoms. The van der Waals surface area contributed by atoms with E-state index in [1.54, 1.807) is 7.05 Å². The van der Waals surface area contributed by atoms with Crippen LogP contribution in [0.2, 0.25) is 0 Å². The molecule has 1 aromatic heterocycles. The van der Waals surface area contributed by atoms with Crippen LogP contribution >= 0.6 is 35.3 Å². The number of nitrogens with one attached hydrogen (secondary N) is 3. The minimum absolute atomic E-state index is 0. The summed E-state index contributed by atoms with van der Waals surface area (Å²) in [5.41, 5.74) is 1.77. The van der Waals surface area contributed by atoms with Gasteiger partial charge in [0, 0.05) is 37.1 Å². The van der Waals surface area contributed by atoms with Crippen LogP contribution in [0.25, 0.3) is 0 Å². The van der Waals surface area contributed by atoms with Crippen LogP contribution in [0.5, 0.6) is 0 Å². The Bertz CT molecular complexity index is 806. The van der Waals surface area contributed by atoms with Crippen LogP contribution in [0, 0.1) is 6.92 Å². The maximum Gasteiger partial charge on any atom is 0.251 e. The molecule has 2 heterocycles. The van der Waals surface area contributed by atoms with Crippen molar-refractivity contribution in [1.82, 2.24) is 20.9 Å². The number of likely N-dealkylation sites (tertiary alicyclic amines) is 1. The molecule has 1 unspecified atom stereocenters. The van der Waals surface area contributed by atoms with E-state index in [1.165, 1.54) is 17.7 Å². The lowest BCUT2D eigenvalue weighted by molar-refractivity contribution is 0.0954. The highest BCUT2D eigenvalue weighted by molar-refractivity contribution is 14.0. The van der Waals surface area contributed by atoms with E-state index in [0.29, 0.717) is 24.7 Å². The van der Waals surface area contributed by atoms with Crippen molar-refractivity contribution in [2.45, 2.75) is 25.8 Å². The molecule has 1 aliphatic rings. The zero-order valence-corrected chi connectivity index (χ0v) is 20.8. The molecule has 0 aliphatic carbocycles. The van der Waals surface area contributed by atoms with Gasteiger partial charge in [0.25, 0.3) is 5.91 Å². The number of aliphatic imine (C=N–C) groups is 1. The Morgan fingerprint density at radius 1 is 1.13 bits per heavy atom. The van der Waals surface area contributed by atoms with E-state index < -0.39 is 0 Å². The molecule has 30 heavy (non-hydrogen) atoms. The lowest BCUT2D eigenvalue weighted by Crippen LogP contribution is -2.44. The monoisotopic (exact) mass is 541 g/mol. The number of hydrogen-bond acceptors (Lipinski definition) is 4. The van der Waals surface area contributed by atoms with Gasteiger partial charge in [-0.1, -0.05) is 23.8 Å². The Kier molecular flexibility index (Phi) is 10.6. The molecule has 3 N–H and O–H groups in total. The molecule has 1 fully saturated rings. The van der Waals surface area contributed by atoms with Gasteiger partial charge in [0.15, 0.2) is 5.96 Å². The number of aryl methyl sites for hydroxylation is 1. The molecular weight excluding hydrogens is 509 g/mol. The van der Waals surface area contributed by atoms with Crippen LogP contribution in [0.1, 0.15) is 39.7 Å². The third-order valence-corrected chi connectivity index (χ3v) is 6.10. The number of rotatable bonds is 8. The number of nitrogens with zero attached hydrogens (tertiary/aromatic N) is 2. The fourth-order valence-corrected chi connectivity index (χ4v) is 4.46. The zero-order chi connectivity index (χ0) is 20.5. The van der Waals surface area contributed by atoms with Gasteiger partial charge in [-0.3, -0.25) is 14.7 Å². The summed E-state index contributed by atoms with van der Waals surface area (Å²) < 4.78 is 0.